The van der Waals surface area contributed by atoms with Crippen LogP contribution in [0.15, 0.2) is 24.3 Å². The van der Waals surface area contributed by atoms with Crippen molar-refractivity contribution >= 4 is 5.69 Å². The Morgan fingerprint density at radius 3 is 2.62 bits per heavy atom. The molecule has 1 aliphatic carbocycles. The minimum absolute atomic E-state index is 0.799. The molecule has 0 atom stereocenters. The Balaban J connectivity index is 2.06. The minimum Gasteiger partial charge on any atom is -0.399 e. The van der Waals surface area contributed by atoms with Crippen LogP contribution in [0.5, 0.6) is 0 Å². The van der Waals surface area contributed by atoms with Gasteiger partial charge in [0, 0.05) is 22.5 Å². The predicted molar refractivity (Wildman–Crippen MR) is 65.1 cm³/mol. The van der Waals surface area contributed by atoms with Crippen LogP contribution in [-0.2, 0) is 12.8 Å². The van der Waals surface area contributed by atoms with Crippen LogP contribution in [0.4, 0.5) is 5.69 Å². The number of aryl methyl sites for hydroxylation is 1. The number of nitrogens with zero attached hydrogens (tertiary/aromatic N) is 1. The van der Waals surface area contributed by atoms with Crippen LogP contribution in [0.2, 0.25) is 0 Å². The van der Waals surface area contributed by atoms with E-state index in [1.807, 2.05) is 24.3 Å². The van der Waals surface area contributed by atoms with Crippen LogP contribution in [0.1, 0.15) is 24.1 Å². The van der Waals surface area contributed by atoms with E-state index in [-0.39, 0.29) is 0 Å². The molecule has 1 heterocycles. The molecule has 16 heavy (non-hydrogen) atoms. The fourth-order valence-electron chi connectivity index (χ4n) is 2.36. The van der Waals surface area contributed by atoms with Gasteiger partial charge in [-0.3, -0.25) is 5.10 Å². The van der Waals surface area contributed by atoms with Gasteiger partial charge in [0.25, 0.3) is 0 Å². The molecule has 3 heteroatoms. The lowest BCUT2D eigenvalue weighted by Crippen LogP contribution is -2.01. The zero-order valence-corrected chi connectivity index (χ0v) is 9.16. The monoisotopic (exact) mass is 213 g/mol. The first-order valence-electron chi connectivity index (χ1n) is 5.76. The van der Waals surface area contributed by atoms with Crippen molar-refractivity contribution in [3.8, 4) is 11.3 Å². The summed E-state index contributed by atoms with van der Waals surface area (Å²) in [5.74, 6) is 0. The Morgan fingerprint density at radius 1 is 1.06 bits per heavy atom. The summed E-state index contributed by atoms with van der Waals surface area (Å²) in [6.07, 6.45) is 4.83. The first-order chi connectivity index (χ1) is 7.84. The van der Waals surface area contributed by atoms with Crippen molar-refractivity contribution in [1.29, 1.82) is 0 Å². The van der Waals surface area contributed by atoms with Crippen molar-refractivity contribution in [2.75, 3.05) is 5.73 Å². The number of benzene rings is 1. The number of rotatable bonds is 1. The quantitative estimate of drug-likeness (QED) is 0.715. The lowest BCUT2D eigenvalue weighted by atomic mass is 9.94. The molecule has 1 aliphatic rings. The Bertz CT molecular complexity index is 496. The average molecular weight is 213 g/mol. The van der Waals surface area contributed by atoms with Gasteiger partial charge in [0.15, 0.2) is 0 Å². The van der Waals surface area contributed by atoms with E-state index in [2.05, 4.69) is 10.2 Å². The number of nitrogens with two attached hydrogens (primary N) is 1. The highest BCUT2D eigenvalue weighted by molar-refractivity contribution is 5.66. The SMILES string of the molecule is Nc1ccc(-c2n[nH]c3c2CCCC3)cc1. The van der Waals surface area contributed by atoms with Crippen molar-refractivity contribution in [3.05, 3.63) is 35.5 Å². The van der Waals surface area contributed by atoms with Gasteiger partial charge in [-0.15, -0.1) is 0 Å². The van der Waals surface area contributed by atoms with Crippen molar-refractivity contribution < 1.29 is 0 Å². The van der Waals surface area contributed by atoms with E-state index < -0.39 is 0 Å². The molecule has 0 saturated heterocycles. The number of fused-ring (bicyclic) bond motifs is 1. The fourth-order valence-corrected chi connectivity index (χ4v) is 2.36. The van der Waals surface area contributed by atoms with Crippen molar-refractivity contribution in [1.82, 2.24) is 10.2 Å². The number of anilines is 1. The third kappa shape index (κ3) is 1.48. The second-order valence-corrected chi connectivity index (χ2v) is 4.36. The molecular weight excluding hydrogens is 198 g/mol. The standard InChI is InChI=1S/C13H15N3/c14-10-7-5-9(6-8-10)13-11-3-1-2-4-12(11)15-16-13/h5-8H,1-4,14H2,(H,15,16). The van der Waals surface area contributed by atoms with Crippen LogP contribution in [0.3, 0.4) is 0 Å². The van der Waals surface area contributed by atoms with Gasteiger partial charge in [0.05, 0.1) is 5.69 Å². The van der Waals surface area contributed by atoms with E-state index in [0.29, 0.717) is 0 Å². The lowest BCUT2D eigenvalue weighted by molar-refractivity contribution is 0.675. The maximum absolute atomic E-state index is 5.69. The second-order valence-electron chi connectivity index (χ2n) is 4.36. The summed E-state index contributed by atoms with van der Waals surface area (Å²) in [5.41, 5.74) is 11.5. The van der Waals surface area contributed by atoms with E-state index >= 15 is 0 Å². The third-order valence-electron chi connectivity index (χ3n) is 3.24. The van der Waals surface area contributed by atoms with Gasteiger partial charge in [0.2, 0.25) is 0 Å². The molecule has 0 bridgehead atoms. The predicted octanol–water partition coefficient (Wildman–Crippen LogP) is 2.54. The molecule has 0 fully saturated rings. The summed E-state index contributed by atoms with van der Waals surface area (Å²) >= 11 is 0. The number of aromatic nitrogens is 2. The summed E-state index contributed by atoms with van der Waals surface area (Å²) in [6, 6.07) is 7.94. The average Bonchev–Trinajstić information content (AvgIpc) is 2.74. The number of nitrogens with one attached hydrogen (secondary N) is 1. The molecule has 0 spiro atoms. The molecule has 0 radical (unpaired) electrons. The minimum atomic E-state index is 0.799. The summed E-state index contributed by atoms with van der Waals surface area (Å²) in [5, 5.41) is 7.59. The highest BCUT2D eigenvalue weighted by atomic mass is 15.1. The number of aromatic amines is 1. The Kier molecular flexibility index (Phi) is 2.17. The van der Waals surface area contributed by atoms with Gasteiger partial charge in [-0.25, -0.2) is 0 Å². The van der Waals surface area contributed by atoms with Gasteiger partial charge < -0.3 is 5.73 Å². The van der Waals surface area contributed by atoms with Crippen LogP contribution in [0.25, 0.3) is 11.3 Å². The normalized spacial score (nSPS) is 14.8. The molecule has 1 aromatic heterocycles. The van der Waals surface area contributed by atoms with Crippen LogP contribution < -0.4 is 5.73 Å². The molecule has 0 saturated carbocycles. The zero-order chi connectivity index (χ0) is 11.0. The van der Waals surface area contributed by atoms with Crippen molar-refractivity contribution in [3.63, 3.8) is 0 Å². The summed E-state index contributed by atoms with van der Waals surface area (Å²) < 4.78 is 0. The third-order valence-corrected chi connectivity index (χ3v) is 3.24. The Morgan fingerprint density at radius 2 is 1.81 bits per heavy atom. The van der Waals surface area contributed by atoms with E-state index in [4.69, 9.17) is 5.73 Å². The maximum atomic E-state index is 5.69. The number of hydrogen-bond donors (Lipinski definition) is 2. The molecule has 0 amide bonds. The molecule has 0 aliphatic heterocycles. The largest absolute Gasteiger partial charge is 0.399 e. The van der Waals surface area contributed by atoms with Gasteiger partial charge in [0.1, 0.15) is 0 Å². The summed E-state index contributed by atoms with van der Waals surface area (Å²) in [7, 11) is 0. The highest BCUT2D eigenvalue weighted by Gasteiger charge is 2.17. The van der Waals surface area contributed by atoms with Gasteiger partial charge in [-0.1, -0.05) is 12.1 Å². The van der Waals surface area contributed by atoms with Crippen LogP contribution in [0, 0.1) is 0 Å². The first kappa shape index (κ1) is 9.46. The van der Waals surface area contributed by atoms with Crippen molar-refractivity contribution in [2.24, 2.45) is 0 Å². The molecule has 1 aromatic carbocycles. The fraction of sp³-hybridized carbons (Fsp3) is 0.308. The number of nitrogen functional groups attached to an aromatic ring is 1. The molecule has 0 unspecified atom stereocenters. The van der Waals surface area contributed by atoms with E-state index in [0.717, 1.165) is 29.8 Å². The molecule has 3 N–H and O–H groups in total. The van der Waals surface area contributed by atoms with E-state index in [9.17, 15) is 0 Å². The van der Waals surface area contributed by atoms with Gasteiger partial charge in [-0.05, 0) is 37.8 Å². The molecule has 3 nitrogen and oxygen atoms in total. The molecular formula is C13H15N3. The van der Waals surface area contributed by atoms with Crippen LogP contribution >= 0.6 is 0 Å². The van der Waals surface area contributed by atoms with Gasteiger partial charge >= 0.3 is 0 Å². The molecule has 2 aromatic rings. The molecule has 3 rings (SSSR count). The van der Waals surface area contributed by atoms with E-state index in [1.54, 1.807) is 0 Å². The zero-order valence-electron chi connectivity index (χ0n) is 9.16. The number of hydrogen-bond acceptors (Lipinski definition) is 2. The topological polar surface area (TPSA) is 54.7 Å². The summed E-state index contributed by atoms with van der Waals surface area (Å²) in [4.78, 5) is 0. The number of H-pyrrole nitrogens is 1. The van der Waals surface area contributed by atoms with E-state index in [1.165, 1.54) is 24.1 Å². The first-order valence-corrected chi connectivity index (χ1v) is 5.76. The lowest BCUT2D eigenvalue weighted by Gasteiger charge is -2.11. The van der Waals surface area contributed by atoms with Crippen molar-refractivity contribution in [2.45, 2.75) is 25.7 Å². The maximum Gasteiger partial charge on any atom is 0.0955 e. The molecule has 82 valence electrons. The highest BCUT2D eigenvalue weighted by Crippen LogP contribution is 2.29. The Hall–Kier alpha value is -1.77. The summed E-state index contributed by atoms with van der Waals surface area (Å²) in [6.45, 7) is 0. The smallest absolute Gasteiger partial charge is 0.0955 e. The van der Waals surface area contributed by atoms with Gasteiger partial charge in [-0.2, -0.15) is 5.10 Å². The van der Waals surface area contributed by atoms with Crippen LogP contribution in [-0.4, -0.2) is 10.2 Å². The Labute approximate surface area is 94.7 Å². The second kappa shape index (κ2) is 3.67.